The molecule has 2 fully saturated rings. The van der Waals surface area contributed by atoms with Gasteiger partial charge in [-0.2, -0.15) is 9.97 Å². The quantitative estimate of drug-likeness (QED) is 0.658. The van der Waals surface area contributed by atoms with Crippen LogP contribution < -0.4 is 10.5 Å². The highest BCUT2D eigenvalue weighted by atomic mass is 16.6. The van der Waals surface area contributed by atoms with E-state index in [0.717, 1.165) is 6.42 Å². The van der Waals surface area contributed by atoms with Gasteiger partial charge in [0.15, 0.2) is 17.4 Å². The molecule has 10 heteroatoms. The molecule has 2 aliphatic heterocycles. The molecular formula is C14H19N5O5. The van der Waals surface area contributed by atoms with E-state index in [1.54, 1.807) is 4.57 Å². The predicted molar refractivity (Wildman–Crippen MR) is 81.2 cm³/mol. The van der Waals surface area contributed by atoms with Gasteiger partial charge in [0.2, 0.25) is 11.8 Å². The van der Waals surface area contributed by atoms with Crippen LogP contribution >= 0.6 is 0 Å². The molecule has 2 aromatic rings. The molecule has 4 N–H and O–H groups in total. The fourth-order valence-corrected chi connectivity index (χ4v) is 3.59. The Kier molecular flexibility index (Phi) is 3.57. The van der Waals surface area contributed by atoms with Crippen molar-refractivity contribution in [3.8, 4) is 5.88 Å². The minimum absolute atomic E-state index is 0.0414. The van der Waals surface area contributed by atoms with Gasteiger partial charge in [-0.3, -0.25) is 4.57 Å². The van der Waals surface area contributed by atoms with Gasteiger partial charge in [0.1, 0.15) is 17.8 Å². The topological polar surface area (TPSA) is 138 Å². The summed E-state index contributed by atoms with van der Waals surface area (Å²) in [5, 5.41) is 20.1. The molecule has 0 aromatic carbocycles. The van der Waals surface area contributed by atoms with Gasteiger partial charge >= 0.3 is 0 Å². The van der Waals surface area contributed by atoms with Crippen LogP contribution in [-0.2, 0) is 9.47 Å². The molecular weight excluding hydrogens is 318 g/mol. The van der Waals surface area contributed by atoms with Gasteiger partial charge in [0, 0.05) is 6.61 Å². The number of imidazole rings is 1. The Labute approximate surface area is 137 Å². The van der Waals surface area contributed by atoms with E-state index in [2.05, 4.69) is 15.0 Å². The van der Waals surface area contributed by atoms with Gasteiger partial charge in [-0.1, -0.05) is 0 Å². The van der Waals surface area contributed by atoms with Crippen molar-refractivity contribution in [1.29, 1.82) is 0 Å². The highest BCUT2D eigenvalue weighted by Gasteiger charge is 2.59. The van der Waals surface area contributed by atoms with Crippen molar-refractivity contribution >= 4 is 17.1 Å². The molecule has 24 heavy (non-hydrogen) atoms. The summed E-state index contributed by atoms with van der Waals surface area (Å²) in [6.07, 6.45) is 0.549. The first kappa shape index (κ1) is 15.5. The fraction of sp³-hybridized carbons (Fsp3) is 0.643. The number of rotatable bonds is 3. The summed E-state index contributed by atoms with van der Waals surface area (Å²) in [5.41, 5.74) is 5.65. The number of aliphatic hydroxyl groups excluding tert-OH is 2. The summed E-state index contributed by atoms with van der Waals surface area (Å²) in [4.78, 5) is 12.5. The molecule has 0 bridgehead atoms. The Hall–Kier alpha value is -2.01. The van der Waals surface area contributed by atoms with E-state index in [1.807, 2.05) is 0 Å². The molecule has 2 saturated heterocycles. The van der Waals surface area contributed by atoms with E-state index in [4.69, 9.17) is 19.9 Å². The summed E-state index contributed by atoms with van der Waals surface area (Å²) < 4.78 is 18.6. The van der Waals surface area contributed by atoms with Crippen LogP contribution in [0, 0.1) is 0 Å². The van der Waals surface area contributed by atoms with Crippen LogP contribution in [0.5, 0.6) is 5.88 Å². The number of anilines is 1. The summed E-state index contributed by atoms with van der Waals surface area (Å²) in [7, 11) is 1.47. The van der Waals surface area contributed by atoms with Crippen molar-refractivity contribution < 1.29 is 24.4 Å². The summed E-state index contributed by atoms with van der Waals surface area (Å²) in [6.45, 7) is 0.206. The van der Waals surface area contributed by atoms with Crippen molar-refractivity contribution in [2.45, 2.75) is 36.9 Å². The first-order valence-corrected chi connectivity index (χ1v) is 7.73. The molecule has 4 atom stereocenters. The van der Waals surface area contributed by atoms with E-state index < -0.39 is 24.0 Å². The fourth-order valence-electron chi connectivity index (χ4n) is 3.59. The maximum atomic E-state index is 10.6. The van der Waals surface area contributed by atoms with Crippen molar-refractivity contribution in [3.05, 3.63) is 6.33 Å². The minimum atomic E-state index is -0.950. The van der Waals surface area contributed by atoms with Gasteiger partial charge in [-0.05, 0) is 12.8 Å². The Bertz CT molecular complexity index is 759. The van der Waals surface area contributed by atoms with E-state index in [0.29, 0.717) is 24.2 Å². The third kappa shape index (κ3) is 2.00. The summed E-state index contributed by atoms with van der Waals surface area (Å²) >= 11 is 0. The number of nitrogens with two attached hydrogens (primary N) is 1. The lowest BCUT2D eigenvalue weighted by molar-refractivity contribution is -0.119. The van der Waals surface area contributed by atoms with Crippen LogP contribution in [0.4, 0.5) is 5.95 Å². The molecule has 10 nitrogen and oxygen atoms in total. The molecule has 0 radical (unpaired) electrons. The summed E-state index contributed by atoms with van der Waals surface area (Å²) in [5.74, 6) is 0.301. The van der Waals surface area contributed by atoms with Crippen LogP contribution in [0.25, 0.3) is 11.2 Å². The highest BCUT2D eigenvalue weighted by Crippen LogP contribution is 2.48. The first-order valence-electron chi connectivity index (χ1n) is 7.73. The lowest BCUT2D eigenvalue weighted by Gasteiger charge is -2.31. The van der Waals surface area contributed by atoms with Crippen LogP contribution in [-0.4, -0.2) is 67.9 Å². The van der Waals surface area contributed by atoms with Crippen LogP contribution in [0.1, 0.15) is 19.1 Å². The zero-order valence-electron chi connectivity index (χ0n) is 13.1. The van der Waals surface area contributed by atoms with Crippen LogP contribution in [0.2, 0.25) is 0 Å². The van der Waals surface area contributed by atoms with Crippen molar-refractivity contribution in [3.63, 3.8) is 0 Å². The highest BCUT2D eigenvalue weighted by molar-refractivity contribution is 5.77. The lowest BCUT2D eigenvalue weighted by Crippen LogP contribution is -2.46. The van der Waals surface area contributed by atoms with E-state index >= 15 is 0 Å². The minimum Gasteiger partial charge on any atom is -0.479 e. The van der Waals surface area contributed by atoms with Crippen molar-refractivity contribution in [2.24, 2.45) is 0 Å². The van der Waals surface area contributed by atoms with Crippen LogP contribution in [0.15, 0.2) is 6.33 Å². The zero-order valence-corrected chi connectivity index (χ0v) is 13.1. The second-order valence-electron chi connectivity index (χ2n) is 5.98. The molecule has 130 valence electrons. The average Bonchev–Trinajstić information content (AvgIpc) is 3.28. The molecule has 2 aromatic heterocycles. The maximum Gasteiger partial charge on any atom is 0.246 e. The molecule has 4 rings (SSSR count). The molecule has 0 aliphatic carbocycles. The van der Waals surface area contributed by atoms with E-state index in [9.17, 15) is 10.2 Å². The number of fused-ring (bicyclic) bond motifs is 1. The lowest BCUT2D eigenvalue weighted by atomic mass is 9.91. The molecule has 0 saturated carbocycles. The number of methoxy groups -OCH3 is 1. The molecule has 2 aliphatic rings. The van der Waals surface area contributed by atoms with Crippen molar-refractivity contribution in [2.75, 3.05) is 26.1 Å². The van der Waals surface area contributed by atoms with Crippen molar-refractivity contribution in [1.82, 2.24) is 19.5 Å². The standard InChI is InChI=1S/C14H19N5O5/c1-22-11-8-10(17-13(15)18-11)19(6-16-8)12-14(3-2-4-23-14)9(21)7(5-20)24-12/h6-7,9,12,20-21H,2-5H2,1H3,(H2,15,17,18). The Morgan fingerprint density at radius 3 is 3.00 bits per heavy atom. The number of hydrogen-bond acceptors (Lipinski definition) is 9. The van der Waals surface area contributed by atoms with Gasteiger partial charge in [0.25, 0.3) is 0 Å². The smallest absolute Gasteiger partial charge is 0.246 e. The third-order valence-electron chi connectivity index (χ3n) is 4.69. The molecule has 4 heterocycles. The number of ether oxygens (including phenoxy) is 3. The van der Waals surface area contributed by atoms with Gasteiger partial charge in [0.05, 0.1) is 20.0 Å². The number of aliphatic hydroxyl groups is 2. The maximum absolute atomic E-state index is 10.6. The second-order valence-corrected chi connectivity index (χ2v) is 5.98. The Morgan fingerprint density at radius 1 is 1.50 bits per heavy atom. The zero-order chi connectivity index (χ0) is 16.9. The molecule has 0 amide bonds. The second kappa shape index (κ2) is 5.52. The van der Waals surface area contributed by atoms with Gasteiger partial charge in [-0.15, -0.1) is 0 Å². The third-order valence-corrected chi connectivity index (χ3v) is 4.69. The monoisotopic (exact) mass is 337 g/mol. The summed E-state index contributed by atoms with van der Waals surface area (Å²) in [6, 6.07) is 0. The van der Waals surface area contributed by atoms with Crippen LogP contribution in [0.3, 0.4) is 0 Å². The van der Waals surface area contributed by atoms with Gasteiger partial charge < -0.3 is 30.2 Å². The SMILES string of the molecule is COc1nc(N)nc2c1ncn2C1OC(CO)C(O)C12CCCO2. The molecule has 1 spiro atoms. The number of nitrogen functional groups attached to an aromatic ring is 1. The van der Waals surface area contributed by atoms with E-state index in [1.165, 1.54) is 13.4 Å². The molecule has 4 unspecified atom stereocenters. The Morgan fingerprint density at radius 2 is 2.33 bits per heavy atom. The number of nitrogens with zero attached hydrogens (tertiary/aromatic N) is 4. The number of hydrogen-bond donors (Lipinski definition) is 3. The number of aromatic nitrogens is 4. The van der Waals surface area contributed by atoms with E-state index in [-0.39, 0.29) is 18.4 Å². The van der Waals surface area contributed by atoms with Gasteiger partial charge in [-0.25, -0.2) is 4.98 Å². The predicted octanol–water partition coefficient (Wildman–Crippen LogP) is -0.783. The Balaban J connectivity index is 1.86. The average molecular weight is 337 g/mol. The largest absolute Gasteiger partial charge is 0.479 e. The normalized spacial score (nSPS) is 32.9. The first-order chi connectivity index (χ1) is 11.6.